The number of guanidine groups is 1. The van der Waals surface area contributed by atoms with Crippen LogP contribution in [-0.4, -0.2) is 62.9 Å². The Kier molecular flexibility index (Phi) is 13.2. The maximum Gasteiger partial charge on any atom is 0.220 e. The predicted octanol–water partition coefficient (Wildman–Crippen LogP) is 3.86. The molecule has 1 fully saturated rings. The highest BCUT2D eigenvalue weighted by Gasteiger charge is 2.23. The summed E-state index contributed by atoms with van der Waals surface area (Å²) in [5.41, 5.74) is 0. The molecule has 1 aromatic carbocycles. The summed E-state index contributed by atoms with van der Waals surface area (Å²) in [6.45, 7) is 7.92. The molecule has 2 N–H and O–H groups in total. The molecule has 1 aromatic rings. The normalized spacial score (nSPS) is 15.9. The van der Waals surface area contributed by atoms with Gasteiger partial charge in [0.15, 0.2) is 5.96 Å². The molecule has 1 aliphatic heterocycles. The summed E-state index contributed by atoms with van der Waals surface area (Å²) in [7, 11) is 3.42. The lowest BCUT2D eigenvalue weighted by Gasteiger charge is -2.34. The Morgan fingerprint density at radius 2 is 2.03 bits per heavy atom. The quantitative estimate of drug-likeness (QED) is 0.213. The number of hydrogen-bond donors (Lipinski definition) is 2. The van der Waals surface area contributed by atoms with Crippen molar-refractivity contribution in [2.45, 2.75) is 38.0 Å². The Bertz CT molecular complexity index is 666. The van der Waals surface area contributed by atoms with Crippen LogP contribution in [0, 0.1) is 11.8 Å². The van der Waals surface area contributed by atoms with Gasteiger partial charge in [-0.15, -0.1) is 35.7 Å². The van der Waals surface area contributed by atoms with Crippen LogP contribution < -0.4 is 15.4 Å². The van der Waals surface area contributed by atoms with Crippen molar-refractivity contribution < 1.29 is 9.53 Å². The molecular formula is C22H37IN4O2S. The first kappa shape index (κ1) is 26.9. The molecule has 1 unspecified atom stereocenters. The number of para-hydroxylation sites is 1. The summed E-state index contributed by atoms with van der Waals surface area (Å²) in [5, 5.41) is 6.17. The molecule has 0 aliphatic carbocycles. The number of rotatable bonds is 9. The second-order valence-electron chi connectivity index (χ2n) is 7.57. The lowest BCUT2D eigenvalue weighted by atomic mass is 9.93. The molecular weight excluding hydrogens is 511 g/mol. The Balaban J connectivity index is 0.00000450. The highest BCUT2D eigenvalue weighted by molar-refractivity contribution is 14.0. The van der Waals surface area contributed by atoms with E-state index in [9.17, 15) is 4.79 Å². The third kappa shape index (κ3) is 8.91. The summed E-state index contributed by atoms with van der Waals surface area (Å²) in [6, 6.07) is 8.15. The van der Waals surface area contributed by atoms with Crippen molar-refractivity contribution in [1.82, 2.24) is 15.5 Å². The van der Waals surface area contributed by atoms with Crippen LogP contribution in [0.5, 0.6) is 5.75 Å². The molecule has 8 heteroatoms. The van der Waals surface area contributed by atoms with Crippen LogP contribution in [0.1, 0.15) is 33.1 Å². The number of likely N-dealkylation sites (tertiary alicyclic amines) is 1. The van der Waals surface area contributed by atoms with Crippen molar-refractivity contribution in [2.24, 2.45) is 16.8 Å². The fourth-order valence-electron chi connectivity index (χ4n) is 3.40. The van der Waals surface area contributed by atoms with Gasteiger partial charge in [0, 0.05) is 50.3 Å². The first-order valence-corrected chi connectivity index (χ1v) is 11.6. The monoisotopic (exact) mass is 548 g/mol. The minimum absolute atomic E-state index is 0. The number of benzene rings is 1. The summed E-state index contributed by atoms with van der Waals surface area (Å²) in [4.78, 5) is 20.0. The van der Waals surface area contributed by atoms with Crippen molar-refractivity contribution in [3.63, 3.8) is 0 Å². The Morgan fingerprint density at radius 1 is 1.33 bits per heavy atom. The van der Waals surface area contributed by atoms with Gasteiger partial charge in [-0.3, -0.25) is 9.79 Å². The SMILES string of the molecule is CCNC(=NCC(C)CSc1ccccc1OC)N1CCC(CC(=O)NC)CC1.I. The van der Waals surface area contributed by atoms with E-state index in [1.54, 1.807) is 14.2 Å². The highest BCUT2D eigenvalue weighted by Crippen LogP contribution is 2.30. The maximum atomic E-state index is 11.6. The van der Waals surface area contributed by atoms with Gasteiger partial charge in [0.2, 0.25) is 5.91 Å². The number of ether oxygens (including phenoxy) is 1. The number of carbonyl (C=O) groups is 1. The summed E-state index contributed by atoms with van der Waals surface area (Å²) >= 11 is 1.82. The minimum atomic E-state index is 0. The average Bonchev–Trinajstić information content (AvgIpc) is 2.75. The maximum absolute atomic E-state index is 11.6. The van der Waals surface area contributed by atoms with Crippen molar-refractivity contribution in [1.29, 1.82) is 0 Å². The number of nitrogens with zero attached hydrogens (tertiary/aromatic N) is 2. The lowest BCUT2D eigenvalue weighted by Crippen LogP contribution is -2.46. The molecule has 1 amide bonds. The molecule has 1 saturated heterocycles. The molecule has 1 atom stereocenters. The van der Waals surface area contributed by atoms with Gasteiger partial charge in [-0.05, 0) is 43.7 Å². The Morgan fingerprint density at radius 3 is 2.67 bits per heavy atom. The molecule has 1 aliphatic rings. The minimum Gasteiger partial charge on any atom is -0.496 e. The smallest absolute Gasteiger partial charge is 0.220 e. The third-order valence-corrected chi connectivity index (χ3v) is 6.53. The Hall–Kier alpha value is -1.16. The van der Waals surface area contributed by atoms with E-state index in [0.717, 1.165) is 56.5 Å². The van der Waals surface area contributed by atoms with Gasteiger partial charge in [0.1, 0.15) is 5.75 Å². The van der Waals surface area contributed by atoms with E-state index in [4.69, 9.17) is 9.73 Å². The van der Waals surface area contributed by atoms with Gasteiger partial charge < -0.3 is 20.3 Å². The van der Waals surface area contributed by atoms with E-state index < -0.39 is 0 Å². The van der Waals surface area contributed by atoms with Gasteiger partial charge in [-0.25, -0.2) is 0 Å². The predicted molar refractivity (Wildman–Crippen MR) is 137 cm³/mol. The average molecular weight is 549 g/mol. The zero-order valence-electron chi connectivity index (χ0n) is 18.6. The molecule has 170 valence electrons. The van der Waals surface area contributed by atoms with Crippen LogP contribution in [-0.2, 0) is 4.79 Å². The van der Waals surface area contributed by atoms with Crippen molar-refractivity contribution in [2.75, 3.05) is 46.1 Å². The van der Waals surface area contributed by atoms with Crippen LogP contribution in [0.4, 0.5) is 0 Å². The second kappa shape index (κ2) is 14.8. The van der Waals surface area contributed by atoms with Crippen LogP contribution in [0.2, 0.25) is 0 Å². The first-order valence-electron chi connectivity index (χ1n) is 10.6. The van der Waals surface area contributed by atoms with Crippen molar-refractivity contribution >= 4 is 47.6 Å². The number of piperidine rings is 1. The van der Waals surface area contributed by atoms with Gasteiger partial charge in [0.05, 0.1) is 7.11 Å². The van der Waals surface area contributed by atoms with Crippen molar-refractivity contribution in [3.8, 4) is 5.75 Å². The first-order chi connectivity index (χ1) is 14.1. The molecule has 0 aromatic heterocycles. The molecule has 6 nitrogen and oxygen atoms in total. The fourth-order valence-corrected chi connectivity index (χ4v) is 4.44. The topological polar surface area (TPSA) is 66.0 Å². The molecule has 0 bridgehead atoms. The van der Waals surface area contributed by atoms with Crippen LogP contribution in [0.15, 0.2) is 34.2 Å². The van der Waals surface area contributed by atoms with E-state index >= 15 is 0 Å². The van der Waals surface area contributed by atoms with Crippen LogP contribution in [0.3, 0.4) is 0 Å². The molecule has 0 spiro atoms. The van der Waals surface area contributed by atoms with Gasteiger partial charge in [-0.1, -0.05) is 19.1 Å². The fraction of sp³-hybridized carbons (Fsp3) is 0.636. The number of hydrogen-bond acceptors (Lipinski definition) is 4. The van der Waals surface area contributed by atoms with Gasteiger partial charge in [0.25, 0.3) is 0 Å². The van der Waals surface area contributed by atoms with E-state index in [2.05, 4.69) is 35.4 Å². The van der Waals surface area contributed by atoms with Crippen LogP contribution in [0.25, 0.3) is 0 Å². The van der Waals surface area contributed by atoms with E-state index in [-0.39, 0.29) is 29.9 Å². The standard InChI is InChI=1S/C22H36N4O2S.HI/c1-5-24-22(26-12-10-18(11-13-26)14-21(27)23-3)25-15-17(2)16-29-20-9-7-6-8-19(20)28-4;/h6-9,17-18H,5,10-16H2,1-4H3,(H,23,27)(H,24,25);1H. The number of aliphatic imine (C=N–C) groups is 1. The lowest BCUT2D eigenvalue weighted by molar-refractivity contribution is -0.121. The number of amides is 1. The number of methoxy groups -OCH3 is 1. The summed E-state index contributed by atoms with van der Waals surface area (Å²) in [6.07, 6.45) is 2.71. The van der Waals surface area contributed by atoms with Crippen LogP contribution >= 0.6 is 35.7 Å². The molecule has 0 saturated carbocycles. The van der Waals surface area contributed by atoms with Crippen molar-refractivity contribution in [3.05, 3.63) is 24.3 Å². The third-order valence-electron chi connectivity index (χ3n) is 5.15. The number of thioether (sulfide) groups is 1. The summed E-state index contributed by atoms with van der Waals surface area (Å²) in [5.74, 6) is 4.01. The largest absolute Gasteiger partial charge is 0.496 e. The molecule has 0 radical (unpaired) electrons. The Labute approximate surface area is 203 Å². The number of nitrogens with one attached hydrogen (secondary N) is 2. The second-order valence-corrected chi connectivity index (χ2v) is 8.63. The summed E-state index contributed by atoms with van der Waals surface area (Å²) < 4.78 is 5.44. The van der Waals surface area contributed by atoms with Gasteiger partial charge >= 0.3 is 0 Å². The molecule has 2 rings (SSSR count). The number of halogens is 1. The van der Waals surface area contributed by atoms with Gasteiger partial charge in [-0.2, -0.15) is 0 Å². The molecule has 30 heavy (non-hydrogen) atoms. The van der Waals surface area contributed by atoms with E-state index in [1.165, 1.54) is 4.90 Å². The zero-order valence-corrected chi connectivity index (χ0v) is 21.8. The van der Waals surface area contributed by atoms with E-state index in [1.807, 2.05) is 30.0 Å². The highest BCUT2D eigenvalue weighted by atomic mass is 127. The zero-order chi connectivity index (χ0) is 21.1. The number of carbonyl (C=O) groups excluding carboxylic acids is 1. The molecule has 1 heterocycles. The van der Waals surface area contributed by atoms with E-state index in [0.29, 0.717) is 18.3 Å².